The maximum absolute atomic E-state index is 12.0. The van der Waals surface area contributed by atoms with Crippen molar-refractivity contribution in [1.82, 2.24) is 0 Å². The topological polar surface area (TPSA) is 26.3 Å². The Balaban J connectivity index is 1.99. The van der Waals surface area contributed by atoms with Crippen LogP contribution in [0.4, 0.5) is 0 Å². The third-order valence-electron chi connectivity index (χ3n) is 11.2. The van der Waals surface area contributed by atoms with Gasteiger partial charge in [0.25, 0.3) is 0 Å². The van der Waals surface area contributed by atoms with E-state index in [2.05, 4.69) is 81.0 Å². The summed E-state index contributed by atoms with van der Waals surface area (Å²) in [4.78, 5) is 12.0. The average Bonchev–Trinajstić information content (AvgIpc) is 2.83. The van der Waals surface area contributed by atoms with Crippen LogP contribution in [0.15, 0.2) is 71.4 Å². The van der Waals surface area contributed by atoms with Crippen LogP contribution in [0.5, 0.6) is 0 Å². The van der Waals surface area contributed by atoms with Crippen LogP contribution in [0.2, 0.25) is 0 Å². The molecule has 0 aromatic heterocycles. The molecule has 1 aromatic carbocycles. The van der Waals surface area contributed by atoms with Gasteiger partial charge in [-0.05, 0) is 109 Å². The second-order valence-electron chi connectivity index (χ2n) is 12.7. The fourth-order valence-corrected chi connectivity index (χ4v) is 8.69. The van der Waals surface area contributed by atoms with Gasteiger partial charge < -0.3 is 4.74 Å². The maximum atomic E-state index is 12.0. The number of benzene rings is 1. The molecule has 0 amide bonds. The van der Waals surface area contributed by atoms with Gasteiger partial charge in [-0.25, -0.2) is 4.79 Å². The number of rotatable bonds is 4. The highest BCUT2D eigenvalue weighted by Gasteiger charge is 2.64. The summed E-state index contributed by atoms with van der Waals surface area (Å²) in [5.74, 6) is 0.385. The summed E-state index contributed by atoms with van der Waals surface area (Å²) in [6, 6.07) is 4.40. The van der Waals surface area contributed by atoms with Crippen LogP contribution in [0.3, 0.4) is 0 Å². The number of esters is 1. The zero-order valence-electron chi connectivity index (χ0n) is 25.3. The molecule has 0 heterocycles. The van der Waals surface area contributed by atoms with Crippen LogP contribution in [0, 0.1) is 29.1 Å². The van der Waals surface area contributed by atoms with E-state index in [4.69, 9.17) is 17.9 Å². The molecular weight excluding hydrogens is 464 g/mol. The van der Waals surface area contributed by atoms with E-state index in [9.17, 15) is 4.79 Å². The zero-order valence-corrected chi connectivity index (χ0v) is 25.3. The molecule has 202 valence electrons. The number of fused-ring (bicyclic) bond motifs is 3. The molecule has 0 aliphatic heterocycles. The molecule has 0 saturated carbocycles. The molecule has 2 nitrogen and oxygen atoms in total. The van der Waals surface area contributed by atoms with E-state index >= 15 is 0 Å². The van der Waals surface area contributed by atoms with Gasteiger partial charge in [0.1, 0.15) is 0 Å². The molecule has 0 saturated heterocycles. The van der Waals surface area contributed by atoms with Crippen LogP contribution < -0.4 is 0 Å². The molecule has 1 aromatic rings. The van der Waals surface area contributed by atoms with Crippen molar-refractivity contribution in [2.24, 2.45) is 22.2 Å². The number of allylic oxidation sites excluding steroid dienone is 7. The Labute approximate surface area is 230 Å². The molecule has 0 fully saturated rings. The third kappa shape index (κ3) is 3.41. The number of hydrogen-bond donors (Lipinski definition) is 0. The predicted molar refractivity (Wildman–Crippen MR) is 162 cm³/mol. The summed E-state index contributed by atoms with van der Waals surface area (Å²) < 4.78 is 5.11. The summed E-state index contributed by atoms with van der Waals surface area (Å²) in [7, 11) is 0. The largest absolute Gasteiger partial charge is 0.463 e. The first-order valence-corrected chi connectivity index (χ1v) is 14.1. The van der Waals surface area contributed by atoms with Crippen molar-refractivity contribution < 1.29 is 9.53 Å². The first-order valence-electron chi connectivity index (χ1n) is 14.1. The van der Waals surface area contributed by atoms with Crippen LogP contribution in [-0.2, 0) is 9.53 Å². The molecular formula is C36H46O2. The van der Waals surface area contributed by atoms with Crippen molar-refractivity contribution in [2.75, 3.05) is 6.61 Å². The van der Waals surface area contributed by atoms with Crippen molar-refractivity contribution in [3.8, 4) is 0 Å². The first-order chi connectivity index (χ1) is 17.6. The number of ether oxygens (including phenoxy) is 1. The molecule has 0 radical (unpaired) electrons. The van der Waals surface area contributed by atoms with Crippen LogP contribution in [0.1, 0.15) is 96.9 Å². The molecule has 3 aliphatic carbocycles. The summed E-state index contributed by atoms with van der Waals surface area (Å²) in [5, 5.41) is 0. The molecule has 2 heteroatoms. The van der Waals surface area contributed by atoms with Crippen molar-refractivity contribution >= 4 is 17.6 Å². The summed E-state index contributed by atoms with van der Waals surface area (Å²) >= 11 is 0. The Morgan fingerprint density at radius 2 is 1.76 bits per heavy atom. The first kappa shape index (κ1) is 28.1. The van der Waals surface area contributed by atoms with E-state index in [1.54, 1.807) is 0 Å². The zero-order chi connectivity index (χ0) is 28.5. The van der Waals surface area contributed by atoms with Gasteiger partial charge in [0.2, 0.25) is 0 Å². The lowest BCUT2D eigenvalue weighted by Crippen LogP contribution is -2.58. The van der Waals surface area contributed by atoms with Crippen molar-refractivity contribution in [1.29, 1.82) is 0 Å². The van der Waals surface area contributed by atoms with E-state index in [1.807, 2.05) is 13.0 Å². The lowest BCUT2D eigenvalue weighted by atomic mass is 9.37. The normalized spacial score (nSPS) is 32.8. The summed E-state index contributed by atoms with van der Waals surface area (Å²) in [6.45, 7) is 37.2. The Bertz CT molecular complexity index is 1380. The fourth-order valence-electron chi connectivity index (χ4n) is 8.69. The molecule has 4 rings (SSSR count). The van der Waals surface area contributed by atoms with Gasteiger partial charge >= 0.3 is 5.97 Å². The molecule has 3 aliphatic rings. The minimum Gasteiger partial charge on any atom is -0.463 e. The predicted octanol–water partition coefficient (Wildman–Crippen LogP) is 9.54. The van der Waals surface area contributed by atoms with Gasteiger partial charge in [-0.2, -0.15) is 0 Å². The van der Waals surface area contributed by atoms with E-state index in [0.29, 0.717) is 18.4 Å². The van der Waals surface area contributed by atoms with Crippen LogP contribution >= 0.6 is 0 Å². The lowest BCUT2D eigenvalue weighted by molar-refractivity contribution is -0.137. The second kappa shape index (κ2) is 9.11. The Kier molecular flexibility index (Phi) is 6.75. The Morgan fingerprint density at radius 3 is 2.34 bits per heavy atom. The maximum Gasteiger partial charge on any atom is 0.330 e. The third-order valence-corrected chi connectivity index (χ3v) is 11.2. The number of carbonyl (C=O) groups excluding carboxylic acids is 1. The number of carbonyl (C=O) groups is 1. The summed E-state index contributed by atoms with van der Waals surface area (Å²) in [6.07, 6.45) is 4.43. The van der Waals surface area contributed by atoms with Crippen molar-refractivity contribution in [3.05, 3.63) is 93.6 Å². The van der Waals surface area contributed by atoms with E-state index in [-0.39, 0.29) is 22.2 Å². The monoisotopic (exact) mass is 510 g/mol. The fraction of sp³-hybridized carbons (Fsp3) is 0.472. The van der Waals surface area contributed by atoms with Gasteiger partial charge in [-0.3, -0.25) is 0 Å². The molecule has 0 bridgehead atoms. The van der Waals surface area contributed by atoms with Crippen molar-refractivity contribution in [3.63, 3.8) is 0 Å². The highest BCUT2D eigenvalue weighted by Crippen LogP contribution is 2.74. The molecule has 0 spiro atoms. The van der Waals surface area contributed by atoms with Gasteiger partial charge in [0, 0.05) is 16.9 Å². The van der Waals surface area contributed by atoms with E-state index in [1.165, 1.54) is 45.1 Å². The van der Waals surface area contributed by atoms with Crippen molar-refractivity contribution in [2.45, 2.75) is 81.6 Å². The Morgan fingerprint density at radius 1 is 1.13 bits per heavy atom. The molecule has 38 heavy (non-hydrogen) atoms. The van der Waals surface area contributed by atoms with E-state index < -0.39 is 0 Å². The molecule has 0 unspecified atom stereocenters. The van der Waals surface area contributed by atoms with Crippen LogP contribution in [0.25, 0.3) is 11.6 Å². The highest BCUT2D eigenvalue weighted by atomic mass is 16.5. The van der Waals surface area contributed by atoms with E-state index in [0.717, 1.165) is 28.7 Å². The van der Waals surface area contributed by atoms with Gasteiger partial charge in [-0.15, -0.1) is 0 Å². The van der Waals surface area contributed by atoms with Gasteiger partial charge in [0.15, 0.2) is 0 Å². The smallest absolute Gasteiger partial charge is 0.330 e. The lowest BCUT2D eigenvalue weighted by Gasteiger charge is -2.67. The Hall–Kier alpha value is -2.87. The SMILES string of the molecule is C=C(C)C1=C(C)C[C@@]2(C)[C@H](C)[C@]3(C)C(=C(C)[C@@]2(C)C1=C)C(=C)c1c(ccc(/C=C/C(=O)OCC)c1C)[C@H]3C. The molecule has 5 atom stereocenters. The minimum atomic E-state index is -0.316. The quantitative estimate of drug-likeness (QED) is 0.298. The highest BCUT2D eigenvalue weighted by molar-refractivity contribution is 5.91. The minimum absolute atomic E-state index is 0.0128. The van der Waals surface area contributed by atoms with Gasteiger partial charge in [-0.1, -0.05) is 83.2 Å². The standard InChI is InChI=1S/C36H46O2/c1-14-38-30(37)18-16-28-15-17-29-24(7)35(12)27(10)34(11)19-21(4)31(20(2)3)25(8)36(34,13)26(9)33(35)23(6)32(29)22(28)5/h15-18,24,27H,2,6,8,14,19H2,1,3-5,7,9-13H3/b18-16+/t24-,27+,34+,35-,36-/m1/s1. The van der Waals surface area contributed by atoms with Gasteiger partial charge in [0.05, 0.1) is 6.61 Å². The summed E-state index contributed by atoms with van der Waals surface area (Å²) in [5.41, 5.74) is 13.4. The second-order valence-corrected chi connectivity index (χ2v) is 12.7. The number of hydrogen-bond acceptors (Lipinski definition) is 2. The average molecular weight is 511 g/mol. The molecule has 0 N–H and O–H groups in total. The van der Waals surface area contributed by atoms with Crippen LogP contribution in [-0.4, -0.2) is 12.6 Å².